The lowest BCUT2D eigenvalue weighted by Gasteiger charge is -2.11. The summed E-state index contributed by atoms with van der Waals surface area (Å²) >= 11 is 0. The monoisotopic (exact) mass is 197 g/mol. The molecule has 0 bridgehead atoms. The van der Waals surface area contributed by atoms with Crippen LogP contribution in [0, 0.1) is 0 Å². The van der Waals surface area contributed by atoms with Gasteiger partial charge in [0, 0.05) is 24.4 Å². The molecule has 1 aromatic carbocycles. The van der Waals surface area contributed by atoms with Crippen molar-refractivity contribution in [3.8, 4) is 11.5 Å². The molecule has 0 saturated carbocycles. The largest absolute Gasteiger partial charge is 0.493 e. The Balaban J connectivity index is 3.09. The van der Waals surface area contributed by atoms with Crippen LogP contribution in [0.2, 0.25) is 0 Å². The Bertz CT molecular complexity index is 312. The van der Waals surface area contributed by atoms with E-state index in [1.807, 2.05) is 6.07 Å². The van der Waals surface area contributed by atoms with Crippen molar-refractivity contribution >= 4 is 5.69 Å². The molecule has 0 heterocycles. The Morgan fingerprint density at radius 1 is 1.07 bits per heavy atom. The first-order valence-corrected chi connectivity index (χ1v) is 4.22. The highest BCUT2D eigenvalue weighted by molar-refractivity contribution is 5.57. The molecule has 0 amide bonds. The Labute approximate surface area is 83.6 Å². The second-order valence-corrected chi connectivity index (χ2v) is 2.84. The van der Waals surface area contributed by atoms with Crippen molar-refractivity contribution in [3.63, 3.8) is 0 Å². The lowest BCUT2D eigenvalue weighted by atomic mass is 10.1. The molecule has 0 atom stereocenters. The van der Waals surface area contributed by atoms with Crippen LogP contribution in [0.25, 0.3) is 0 Å². The van der Waals surface area contributed by atoms with Gasteiger partial charge in [-0.1, -0.05) is 0 Å². The molecule has 0 saturated heterocycles. The van der Waals surface area contributed by atoms with E-state index in [9.17, 15) is 0 Å². The molecular weight excluding hydrogens is 182 g/mol. The summed E-state index contributed by atoms with van der Waals surface area (Å²) in [6, 6.07) is 3.55. The van der Waals surface area contributed by atoms with E-state index >= 15 is 0 Å². The summed E-state index contributed by atoms with van der Waals surface area (Å²) in [7, 11) is 4.79. The van der Waals surface area contributed by atoms with Crippen LogP contribution in [0.4, 0.5) is 5.69 Å². The Morgan fingerprint density at radius 2 is 1.64 bits per heavy atom. The molecule has 1 aromatic rings. The molecule has 0 unspecified atom stereocenters. The van der Waals surface area contributed by atoms with Crippen LogP contribution in [0.1, 0.15) is 5.56 Å². The van der Waals surface area contributed by atoms with E-state index < -0.39 is 0 Å². The lowest BCUT2D eigenvalue weighted by Crippen LogP contribution is -1.99. The van der Waals surface area contributed by atoms with Gasteiger partial charge in [0.2, 0.25) is 0 Å². The van der Waals surface area contributed by atoms with Crippen LogP contribution < -0.4 is 15.2 Å². The Kier molecular flexibility index (Phi) is 3.59. The van der Waals surface area contributed by atoms with Gasteiger partial charge in [-0.15, -0.1) is 0 Å². The fraction of sp³-hybridized carbons (Fsp3) is 0.400. The maximum Gasteiger partial charge on any atom is 0.162 e. The molecule has 0 aliphatic carbocycles. The number of nitrogen functional groups attached to an aromatic ring is 1. The summed E-state index contributed by atoms with van der Waals surface area (Å²) in [5, 5.41) is 0. The zero-order valence-electron chi connectivity index (χ0n) is 8.66. The maximum atomic E-state index is 5.79. The van der Waals surface area contributed by atoms with Gasteiger partial charge in [-0.3, -0.25) is 0 Å². The van der Waals surface area contributed by atoms with Crippen molar-refractivity contribution in [2.24, 2.45) is 0 Å². The van der Waals surface area contributed by atoms with Crippen LogP contribution >= 0.6 is 0 Å². The van der Waals surface area contributed by atoms with Crippen molar-refractivity contribution < 1.29 is 14.2 Å². The van der Waals surface area contributed by atoms with E-state index in [1.165, 1.54) is 0 Å². The van der Waals surface area contributed by atoms with Gasteiger partial charge in [-0.05, 0) is 6.07 Å². The van der Waals surface area contributed by atoms with Crippen molar-refractivity contribution in [2.75, 3.05) is 27.1 Å². The van der Waals surface area contributed by atoms with Crippen LogP contribution in [0.15, 0.2) is 12.1 Å². The van der Waals surface area contributed by atoms with Crippen LogP contribution in [-0.2, 0) is 11.3 Å². The molecule has 0 aliphatic heterocycles. The van der Waals surface area contributed by atoms with Gasteiger partial charge in [-0.2, -0.15) is 0 Å². The minimum atomic E-state index is 0.464. The van der Waals surface area contributed by atoms with Crippen molar-refractivity contribution in [3.05, 3.63) is 17.7 Å². The highest BCUT2D eigenvalue weighted by Gasteiger charge is 2.08. The van der Waals surface area contributed by atoms with Crippen LogP contribution in [-0.4, -0.2) is 21.3 Å². The fourth-order valence-electron chi connectivity index (χ4n) is 1.22. The molecule has 0 fully saturated rings. The van der Waals surface area contributed by atoms with Crippen LogP contribution in [0.3, 0.4) is 0 Å². The van der Waals surface area contributed by atoms with E-state index in [-0.39, 0.29) is 0 Å². The van der Waals surface area contributed by atoms with Crippen LogP contribution in [0.5, 0.6) is 11.5 Å². The number of methoxy groups -OCH3 is 3. The van der Waals surface area contributed by atoms with Crippen molar-refractivity contribution in [1.29, 1.82) is 0 Å². The van der Waals surface area contributed by atoms with Crippen molar-refractivity contribution in [2.45, 2.75) is 6.61 Å². The summed E-state index contributed by atoms with van der Waals surface area (Å²) in [5.41, 5.74) is 7.33. The third-order valence-corrected chi connectivity index (χ3v) is 1.95. The zero-order valence-corrected chi connectivity index (χ0v) is 8.66. The molecular formula is C10H15NO3. The molecule has 0 spiro atoms. The number of rotatable bonds is 4. The van der Waals surface area contributed by atoms with E-state index in [4.69, 9.17) is 19.9 Å². The van der Waals surface area contributed by atoms with Gasteiger partial charge >= 0.3 is 0 Å². The quantitative estimate of drug-likeness (QED) is 0.742. The summed E-state index contributed by atoms with van der Waals surface area (Å²) in [5.74, 6) is 1.29. The number of ether oxygens (including phenoxy) is 3. The van der Waals surface area contributed by atoms with E-state index in [1.54, 1.807) is 27.4 Å². The van der Waals surface area contributed by atoms with E-state index in [0.29, 0.717) is 23.8 Å². The summed E-state index contributed by atoms with van der Waals surface area (Å²) in [4.78, 5) is 0. The number of hydrogen-bond acceptors (Lipinski definition) is 4. The first-order valence-electron chi connectivity index (χ1n) is 4.22. The Morgan fingerprint density at radius 3 is 2.14 bits per heavy atom. The predicted octanol–water partition coefficient (Wildman–Crippen LogP) is 1.43. The molecule has 78 valence electrons. The van der Waals surface area contributed by atoms with Gasteiger partial charge in [0.25, 0.3) is 0 Å². The van der Waals surface area contributed by atoms with Crippen molar-refractivity contribution in [1.82, 2.24) is 0 Å². The Hall–Kier alpha value is -1.42. The molecule has 0 aliphatic rings. The first-order chi connectivity index (χ1) is 6.72. The van der Waals surface area contributed by atoms with Gasteiger partial charge < -0.3 is 19.9 Å². The standard InChI is InChI=1S/C10H15NO3/c1-12-6-7-4-9(13-2)10(14-3)5-8(7)11/h4-5H,6,11H2,1-3H3. The summed E-state index contributed by atoms with van der Waals surface area (Å²) < 4.78 is 15.3. The highest BCUT2D eigenvalue weighted by atomic mass is 16.5. The smallest absolute Gasteiger partial charge is 0.162 e. The van der Waals surface area contributed by atoms with Gasteiger partial charge in [0.05, 0.1) is 20.8 Å². The minimum absolute atomic E-state index is 0.464. The molecule has 1 rings (SSSR count). The number of benzene rings is 1. The average molecular weight is 197 g/mol. The van der Waals surface area contributed by atoms with Gasteiger partial charge in [0.15, 0.2) is 11.5 Å². The molecule has 14 heavy (non-hydrogen) atoms. The second kappa shape index (κ2) is 4.72. The maximum absolute atomic E-state index is 5.79. The minimum Gasteiger partial charge on any atom is -0.493 e. The lowest BCUT2D eigenvalue weighted by molar-refractivity contribution is 0.185. The van der Waals surface area contributed by atoms with Gasteiger partial charge in [-0.25, -0.2) is 0 Å². The number of anilines is 1. The van der Waals surface area contributed by atoms with E-state index in [2.05, 4.69) is 0 Å². The number of hydrogen-bond donors (Lipinski definition) is 1. The highest BCUT2D eigenvalue weighted by Crippen LogP contribution is 2.31. The fourth-order valence-corrected chi connectivity index (χ4v) is 1.22. The normalized spacial score (nSPS) is 9.93. The molecule has 0 aromatic heterocycles. The zero-order chi connectivity index (χ0) is 10.6. The predicted molar refractivity (Wildman–Crippen MR) is 54.7 cm³/mol. The van der Waals surface area contributed by atoms with E-state index in [0.717, 1.165) is 5.56 Å². The molecule has 0 radical (unpaired) electrons. The van der Waals surface area contributed by atoms with Gasteiger partial charge in [0.1, 0.15) is 0 Å². The molecule has 4 nitrogen and oxygen atoms in total. The molecule has 4 heteroatoms. The SMILES string of the molecule is COCc1cc(OC)c(OC)cc1N. The average Bonchev–Trinajstić information content (AvgIpc) is 2.20. The summed E-state index contributed by atoms with van der Waals surface area (Å²) in [6.07, 6.45) is 0. The second-order valence-electron chi connectivity index (χ2n) is 2.84. The number of nitrogens with two attached hydrogens (primary N) is 1. The third-order valence-electron chi connectivity index (χ3n) is 1.95. The topological polar surface area (TPSA) is 53.7 Å². The molecule has 2 N–H and O–H groups in total. The third kappa shape index (κ3) is 2.09. The summed E-state index contributed by atoms with van der Waals surface area (Å²) in [6.45, 7) is 0.464. The first kappa shape index (κ1) is 10.7.